The number of carbonyl (C=O) groups excluding carboxylic acids is 1. The highest BCUT2D eigenvalue weighted by atomic mass is 19.3. The van der Waals surface area contributed by atoms with Gasteiger partial charge in [0.2, 0.25) is 11.9 Å². The van der Waals surface area contributed by atoms with Gasteiger partial charge in [0.25, 0.3) is 11.8 Å². The molecular formula is C38H46F3N7O4. The summed E-state index contributed by atoms with van der Waals surface area (Å²) in [4.78, 5) is 46.1. The van der Waals surface area contributed by atoms with Gasteiger partial charge >= 0.3 is 5.97 Å². The van der Waals surface area contributed by atoms with E-state index in [9.17, 15) is 19.1 Å². The van der Waals surface area contributed by atoms with Crippen molar-refractivity contribution in [2.45, 2.75) is 102 Å². The molecule has 2 atom stereocenters. The standard InChI is InChI=1S/C38H46F3N7O4/c1-4-38(5-2)21-48(31-7-6-28(17-30(31)38)52-27-8-10-47(11-9-27)35-42-18-25(39)19-43-35)36-44-20-29(32(46-36)37(3,40)41)33(49)45-26-15-22-12-23(16-26)14-24(13-22)34(50)51/h6-7,17-20,22-24,26-27H,4-5,8-16,21H2,1-3H3,(H,45,49)(H,50,51). The van der Waals surface area contributed by atoms with E-state index in [2.05, 4.69) is 39.1 Å². The van der Waals surface area contributed by atoms with Gasteiger partial charge < -0.3 is 25.0 Å². The van der Waals surface area contributed by atoms with Crippen LogP contribution in [0.4, 0.5) is 30.8 Å². The first-order valence-electron chi connectivity index (χ1n) is 18.5. The number of hydrogen-bond donors (Lipinski definition) is 2. The summed E-state index contributed by atoms with van der Waals surface area (Å²) in [6.45, 7) is 6.80. The van der Waals surface area contributed by atoms with E-state index in [0.717, 1.165) is 56.0 Å². The van der Waals surface area contributed by atoms with Gasteiger partial charge in [0.05, 0.1) is 23.9 Å². The van der Waals surface area contributed by atoms with Crippen LogP contribution >= 0.6 is 0 Å². The fourth-order valence-corrected chi connectivity index (χ4v) is 9.03. The van der Waals surface area contributed by atoms with Crippen molar-refractivity contribution >= 4 is 29.5 Å². The lowest BCUT2D eigenvalue weighted by atomic mass is 9.66. The van der Waals surface area contributed by atoms with Gasteiger partial charge in [0, 0.05) is 62.7 Å². The van der Waals surface area contributed by atoms with E-state index in [1.54, 1.807) is 0 Å². The summed E-state index contributed by atoms with van der Waals surface area (Å²) in [5, 5.41) is 12.5. The molecule has 11 nitrogen and oxygen atoms in total. The molecule has 278 valence electrons. The number of ether oxygens (including phenoxy) is 1. The van der Waals surface area contributed by atoms with Gasteiger partial charge in [-0.05, 0) is 80.5 Å². The number of amides is 1. The van der Waals surface area contributed by atoms with Crippen LogP contribution in [0.15, 0.2) is 36.8 Å². The number of fused-ring (bicyclic) bond motifs is 3. The summed E-state index contributed by atoms with van der Waals surface area (Å²) in [6, 6.07) is 5.64. The number of hydrogen-bond acceptors (Lipinski definition) is 9. The average Bonchev–Trinajstić information content (AvgIpc) is 3.45. The number of carboxylic acids is 1. The Hall–Kier alpha value is -4.49. The number of halogens is 3. The van der Waals surface area contributed by atoms with Gasteiger partial charge in [-0.3, -0.25) is 9.59 Å². The molecule has 4 aliphatic rings. The first-order valence-corrected chi connectivity index (χ1v) is 18.5. The maximum absolute atomic E-state index is 15.2. The number of carboxylic acid groups (broad SMARTS) is 1. The molecule has 7 rings (SSSR count). The van der Waals surface area contributed by atoms with Crippen LogP contribution in [0.25, 0.3) is 0 Å². The van der Waals surface area contributed by atoms with Crippen LogP contribution in [-0.4, -0.2) is 68.7 Å². The molecule has 0 radical (unpaired) electrons. The number of rotatable bonds is 10. The molecule has 2 saturated carbocycles. The van der Waals surface area contributed by atoms with Gasteiger partial charge in [-0.25, -0.2) is 24.3 Å². The Bertz CT molecular complexity index is 1780. The number of nitrogens with zero attached hydrogens (tertiary/aromatic N) is 6. The minimum absolute atomic E-state index is 0.0313. The second-order valence-electron chi connectivity index (χ2n) is 15.2. The first-order chi connectivity index (χ1) is 24.9. The lowest BCUT2D eigenvalue weighted by molar-refractivity contribution is -0.144. The molecule has 2 aliphatic carbocycles. The van der Waals surface area contributed by atoms with E-state index in [0.29, 0.717) is 51.3 Å². The molecule has 3 fully saturated rings. The Balaban J connectivity index is 1.08. The minimum Gasteiger partial charge on any atom is -0.490 e. The van der Waals surface area contributed by atoms with E-state index in [1.807, 2.05) is 28.0 Å². The van der Waals surface area contributed by atoms with Crippen molar-refractivity contribution in [3.63, 3.8) is 0 Å². The summed E-state index contributed by atoms with van der Waals surface area (Å²) < 4.78 is 50.2. The van der Waals surface area contributed by atoms with E-state index in [4.69, 9.17) is 4.74 Å². The largest absolute Gasteiger partial charge is 0.490 e. The summed E-state index contributed by atoms with van der Waals surface area (Å²) >= 11 is 0. The molecule has 2 aliphatic heterocycles. The topological polar surface area (TPSA) is 134 Å². The monoisotopic (exact) mass is 721 g/mol. The van der Waals surface area contributed by atoms with Crippen LogP contribution in [0.3, 0.4) is 0 Å². The maximum Gasteiger partial charge on any atom is 0.306 e. The molecule has 0 spiro atoms. The highest BCUT2D eigenvalue weighted by Crippen LogP contribution is 2.49. The van der Waals surface area contributed by atoms with Gasteiger partial charge in [-0.2, -0.15) is 8.78 Å². The molecule has 2 aromatic heterocycles. The van der Waals surface area contributed by atoms with E-state index >= 15 is 8.78 Å². The SMILES string of the molecule is CCC1(CC)CN(c2ncc(C(=O)NC3CC4CC(C3)CC(C(=O)O)C4)c(C(C)(F)F)n2)c2ccc(OC3CCN(c4ncc(F)cn4)CC3)cc21. The van der Waals surface area contributed by atoms with Crippen molar-refractivity contribution in [2.75, 3.05) is 29.4 Å². The third kappa shape index (κ3) is 7.12. The normalized spacial score (nSPS) is 24.3. The highest BCUT2D eigenvalue weighted by Gasteiger charge is 2.44. The van der Waals surface area contributed by atoms with Gasteiger partial charge in [0.1, 0.15) is 17.5 Å². The number of aromatic nitrogens is 4. The Morgan fingerprint density at radius 2 is 1.63 bits per heavy atom. The predicted molar refractivity (Wildman–Crippen MR) is 188 cm³/mol. The molecule has 3 aromatic rings. The van der Waals surface area contributed by atoms with E-state index in [-0.39, 0.29) is 46.8 Å². The molecular weight excluding hydrogens is 675 g/mol. The number of aliphatic carboxylic acids is 1. The number of benzene rings is 1. The Morgan fingerprint density at radius 1 is 0.981 bits per heavy atom. The predicted octanol–water partition coefficient (Wildman–Crippen LogP) is 6.78. The quantitative estimate of drug-likeness (QED) is 0.231. The van der Waals surface area contributed by atoms with Gasteiger partial charge in [0.15, 0.2) is 5.82 Å². The second-order valence-corrected chi connectivity index (χ2v) is 15.2. The third-order valence-electron chi connectivity index (χ3n) is 11.8. The smallest absolute Gasteiger partial charge is 0.306 e. The molecule has 52 heavy (non-hydrogen) atoms. The van der Waals surface area contributed by atoms with E-state index in [1.165, 1.54) is 18.6 Å². The zero-order chi connectivity index (χ0) is 36.8. The van der Waals surface area contributed by atoms with Gasteiger partial charge in [-0.15, -0.1) is 0 Å². The van der Waals surface area contributed by atoms with Crippen molar-refractivity contribution in [1.29, 1.82) is 0 Å². The van der Waals surface area contributed by atoms with Crippen LogP contribution in [0.5, 0.6) is 5.75 Å². The molecule has 1 saturated heterocycles. The van der Waals surface area contributed by atoms with Crippen molar-refractivity contribution in [3.05, 3.63) is 59.4 Å². The van der Waals surface area contributed by atoms with Gasteiger partial charge in [-0.1, -0.05) is 13.8 Å². The molecule has 4 heterocycles. The zero-order valence-corrected chi connectivity index (χ0v) is 29.8. The Morgan fingerprint density at radius 3 is 2.25 bits per heavy atom. The minimum atomic E-state index is -3.41. The van der Waals surface area contributed by atoms with Crippen LogP contribution in [0.1, 0.15) is 100 Å². The zero-order valence-electron chi connectivity index (χ0n) is 29.8. The fourth-order valence-electron chi connectivity index (χ4n) is 9.03. The number of nitrogens with one attached hydrogen (secondary N) is 1. The molecule has 1 aromatic carbocycles. The summed E-state index contributed by atoms with van der Waals surface area (Å²) in [6.07, 6.45) is 9.91. The van der Waals surface area contributed by atoms with Crippen molar-refractivity contribution in [2.24, 2.45) is 17.8 Å². The average molecular weight is 722 g/mol. The van der Waals surface area contributed by atoms with Crippen LogP contribution in [0.2, 0.25) is 0 Å². The third-order valence-corrected chi connectivity index (χ3v) is 11.8. The summed E-state index contributed by atoms with van der Waals surface area (Å²) in [7, 11) is 0. The van der Waals surface area contributed by atoms with Crippen LogP contribution in [0, 0.1) is 23.6 Å². The van der Waals surface area contributed by atoms with Crippen molar-refractivity contribution < 1.29 is 32.6 Å². The fraction of sp³-hybridized carbons (Fsp3) is 0.579. The van der Waals surface area contributed by atoms with Crippen LogP contribution in [-0.2, 0) is 16.1 Å². The molecule has 1 amide bonds. The van der Waals surface area contributed by atoms with Crippen molar-refractivity contribution in [3.8, 4) is 5.75 Å². The Labute approximate surface area is 301 Å². The van der Waals surface area contributed by atoms with Crippen LogP contribution < -0.4 is 19.9 Å². The number of carbonyl (C=O) groups is 2. The Kier molecular flexibility index (Phi) is 9.77. The lowest BCUT2D eigenvalue weighted by Gasteiger charge is -2.41. The molecule has 2 bridgehead atoms. The lowest BCUT2D eigenvalue weighted by Crippen LogP contribution is -2.44. The summed E-state index contributed by atoms with van der Waals surface area (Å²) in [5.74, 6) is -3.98. The number of piperidine rings is 1. The maximum atomic E-state index is 15.2. The number of alkyl halides is 2. The molecule has 14 heteroatoms. The highest BCUT2D eigenvalue weighted by molar-refractivity contribution is 5.95. The van der Waals surface area contributed by atoms with Crippen molar-refractivity contribution in [1.82, 2.24) is 25.3 Å². The second kappa shape index (κ2) is 14.1. The first kappa shape index (κ1) is 35.9. The number of anilines is 3. The summed E-state index contributed by atoms with van der Waals surface area (Å²) in [5.41, 5.74) is 0.671. The molecule has 2 N–H and O–H groups in total. The molecule has 2 unspecified atom stereocenters. The van der Waals surface area contributed by atoms with E-state index < -0.39 is 29.3 Å².